The van der Waals surface area contributed by atoms with Gasteiger partial charge in [0.15, 0.2) is 5.82 Å². The fourth-order valence-electron chi connectivity index (χ4n) is 5.22. The van der Waals surface area contributed by atoms with Gasteiger partial charge in [-0.1, -0.05) is 12.1 Å². The maximum atomic E-state index is 13.5. The smallest absolute Gasteiger partial charge is 0.179 e. The van der Waals surface area contributed by atoms with Crippen LogP contribution >= 0.6 is 13.5 Å². The molecule has 2 N–H and O–H groups in total. The highest BCUT2D eigenvalue weighted by atomic mass is 32.1. The number of fused-ring (bicyclic) bond motifs is 5. The van der Waals surface area contributed by atoms with Crippen molar-refractivity contribution < 1.29 is 9.50 Å². The molecule has 0 unspecified atom stereocenters. The van der Waals surface area contributed by atoms with E-state index in [1.54, 1.807) is 6.33 Å². The van der Waals surface area contributed by atoms with Crippen molar-refractivity contribution in [1.82, 2.24) is 24.6 Å². The van der Waals surface area contributed by atoms with Crippen LogP contribution < -0.4 is 10.2 Å². The van der Waals surface area contributed by atoms with E-state index in [9.17, 15) is 9.50 Å². The predicted octanol–water partition coefficient (Wildman–Crippen LogP) is 4.20. The molecule has 7 nitrogen and oxygen atoms in total. The summed E-state index contributed by atoms with van der Waals surface area (Å²) in [6, 6.07) is 15.3. The first-order chi connectivity index (χ1) is 17.4. The minimum atomic E-state index is -0.256. The van der Waals surface area contributed by atoms with E-state index in [1.165, 1.54) is 23.4 Å². The van der Waals surface area contributed by atoms with Crippen molar-refractivity contribution in [3.63, 3.8) is 0 Å². The largest absolute Gasteiger partial charge is 0.394 e. The van der Waals surface area contributed by atoms with Crippen LogP contribution in [0.5, 0.6) is 0 Å². The number of hydrogen-bond donors (Lipinski definition) is 2. The third-order valence-electron chi connectivity index (χ3n) is 7.40. The van der Waals surface area contributed by atoms with Gasteiger partial charge in [-0.3, -0.25) is 0 Å². The van der Waals surface area contributed by atoms with E-state index in [1.807, 2.05) is 30.7 Å². The number of halogens is 1. The first-order valence-corrected chi connectivity index (χ1v) is 12.5. The van der Waals surface area contributed by atoms with Crippen LogP contribution in [-0.2, 0) is 6.54 Å². The first-order valence-electron chi connectivity index (χ1n) is 12.5. The molecule has 37 heavy (non-hydrogen) atoms. The Morgan fingerprint density at radius 1 is 1.11 bits per heavy atom. The van der Waals surface area contributed by atoms with Crippen LogP contribution in [0.15, 0.2) is 61.1 Å². The Labute approximate surface area is 223 Å². The van der Waals surface area contributed by atoms with E-state index < -0.39 is 0 Å². The molecule has 0 saturated carbocycles. The second-order valence-corrected chi connectivity index (χ2v) is 10.6. The Balaban J connectivity index is 0.00000280. The van der Waals surface area contributed by atoms with E-state index in [0.717, 1.165) is 54.4 Å². The summed E-state index contributed by atoms with van der Waals surface area (Å²) in [4.78, 5) is 7.02. The Kier molecular flexibility index (Phi) is 6.87. The van der Waals surface area contributed by atoms with Crippen molar-refractivity contribution in [2.75, 3.05) is 31.1 Å². The van der Waals surface area contributed by atoms with Crippen LogP contribution in [0.1, 0.15) is 25.8 Å². The molecule has 4 aromatic rings. The van der Waals surface area contributed by atoms with Gasteiger partial charge in [0, 0.05) is 49.2 Å². The molecule has 1 fully saturated rings. The fourth-order valence-corrected chi connectivity index (χ4v) is 5.22. The molecule has 2 aliphatic heterocycles. The van der Waals surface area contributed by atoms with Crippen LogP contribution in [0, 0.1) is 11.7 Å². The normalized spacial score (nSPS) is 16.5. The molecule has 0 radical (unpaired) electrons. The highest BCUT2D eigenvalue weighted by Crippen LogP contribution is 2.35. The third kappa shape index (κ3) is 4.91. The molecule has 0 aliphatic carbocycles. The molecule has 2 aliphatic rings. The van der Waals surface area contributed by atoms with Gasteiger partial charge in [-0.25, -0.2) is 14.1 Å². The Morgan fingerprint density at radius 2 is 1.92 bits per heavy atom. The van der Waals surface area contributed by atoms with Crippen LogP contribution in [-0.4, -0.2) is 56.2 Å². The number of aliphatic hydroxyl groups is 1. The molecule has 6 rings (SSSR count). The molecule has 0 amide bonds. The van der Waals surface area contributed by atoms with Crippen LogP contribution in [0.4, 0.5) is 10.1 Å². The number of rotatable bonds is 6. The zero-order chi connectivity index (χ0) is 24.9. The lowest BCUT2D eigenvalue weighted by Gasteiger charge is -2.26. The van der Waals surface area contributed by atoms with Crippen molar-refractivity contribution >= 4 is 19.2 Å². The van der Waals surface area contributed by atoms with Gasteiger partial charge in [-0.05, 0) is 73.7 Å². The van der Waals surface area contributed by atoms with Crippen LogP contribution in [0.2, 0.25) is 0 Å². The fraction of sp³-hybridized carbons (Fsp3) is 0.357. The van der Waals surface area contributed by atoms with Gasteiger partial charge in [-0.2, -0.15) is 18.6 Å². The zero-order valence-corrected chi connectivity index (χ0v) is 22.2. The first kappa shape index (κ1) is 25.5. The van der Waals surface area contributed by atoms with E-state index >= 15 is 0 Å². The number of anilines is 1. The second-order valence-electron chi connectivity index (χ2n) is 10.6. The monoisotopic (exact) mass is 520 g/mol. The van der Waals surface area contributed by atoms with E-state index in [2.05, 4.69) is 55.3 Å². The molecule has 194 valence electrons. The van der Waals surface area contributed by atoms with Crippen LogP contribution in [0.3, 0.4) is 0 Å². The molecule has 9 heteroatoms. The number of hydrogen-bond acceptors (Lipinski definition) is 5. The minimum Gasteiger partial charge on any atom is -0.394 e. The Hall–Kier alpha value is -3.14. The second kappa shape index (κ2) is 9.96. The zero-order valence-electron chi connectivity index (χ0n) is 21.2. The number of nitrogens with one attached hydrogen (secondary N) is 1. The molecular weight excluding hydrogens is 487 g/mol. The SMILES string of the molecule is CC(C)(CO)NC[C@@H]1CCN(c2ccc3c(c2)Cn2cc(-c4ccc(F)cc4)cc2-c2ncnn2-3)C1.S. The van der Waals surface area contributed by atoms with Crippen molar-refractivity contribution in [3.8, 4) is 28.3 Å². The lowest BCUT2D eigenvalue weighted by Crippen LogP contribution is -2.45. The van der Waals surface area contributed by atoms with Gasteiger partial charge < -0.3 is 19.9 Å². The number of nitrogens with zero attached hydrogens (tertiary/aromatic N) is 5. The summed E-state index contributed by atoms with van der Waals surface area (Å²) in [6.45, 7) is 7.80. The summed E-state index contributed by atoms with van der Waals surface area (Å²) in [5.74, 6) is 1.11. The van der Waals surface area contributed by atoms with Gasteiger partial charge in [0.05, 0.1) is 18.0 Å². The maximum absolute atomic E-state index is 13.5. The lowest BCUT2D eigenvalue weighted by molar-refractivity contribution is 0.184. The van der Waals surface area contributed by atoms with Gasteiger partial charge >= 0.3 is 0 Å². The number of aliphatic hydroxyl groups excluding tert-OH is 1. The van der Waals surface area contributed by atoms with Crippen molar-refractivity contribution in [2.45, 2.75) is 32.4 Å². The average molecular weight is 521 g/mol. The molecule has 2 aromatic carbocycles. The summed E-state index contributed by atoms with van der Waals surface area (Å²) in [5, 5.41) is 17.6. The topological polar surface area (TPSA) is 71.1 Å². The Bertz CT molecular complexity index is 1400. The third-order valence-corrected chi connectivity index (χ3v) is 7.40. The molecule has 2 aromatic heterocycles. The maximum Gasteiger partial charge on any atom is 0.179 e. The predicted molar refractivity (Wildman–Crippen MR) is 149 cm³/mol. The highest BCUT2D eigenvalue weighted by Gasteiger charge is 2.27. The number of benzene rings is 2. The van der Waals surface area contributed by atoms with Gasteiger partial charge in [0.1, 0.15) is 12.1 Å². The molecule has 1 atom stereocenters. The number of aromatic nitrogens is 4. The standard InChI is InChI=1S/C28H31FN6O.H2S/c1-28(2,17-36)31-13-19-9-10-33(14-19)24-7-8-25-22(11-24)16-34-15-21(20-3-5-23(29)6-4-20)12-26(34)27-30-18-32-35(25)27;/h3-8,11-12,15,18-19,31,36H,9-10,13-14,16-17H2,1-2H3;1H2/t19-;/m0./s1. The van der Waals surface area contributed by atoms with Crippen molar-refractivity contribution in [1.29, 1.82) is 0 Å². The summed E-state index contributed by atoms with van der Waals surface area (Å²) < 4.78 is 17.6. The quantitative estimate of drug-likeness (QED) is 0.351. The summed E-state index contributed by atoms with van der Waals surface area (Å²) in [6.07, 6.45) is 4.84. The summed E-state index contributed by atoms with van der Waals surface area (Å²) in [7, 11) is 0. The van der Waals surface area contributed by atoms with E-state index in [4.69, 9.17) is 0 Å². The van der Waals surface area contributed by atoms with E-state index in [0.29, 0.717) is 12.5 Å². The lowest BCUT2D eigenvalue weighted by atomic mass is 10.0. The minimum absolute atomic E-state index is 0. The van der Waals surface area contributed by atoms with Crippen molar-refractivity contribution in [2.24, 2.45) is 5.92 Å². The average Bonchev–Trinajstić information content (AvgIpc) is 3.62. The summed E-state index contributed by atoms with van der Waals surface area (Å²) >= 11 is 0. The Morgan fingerprint density at radius 3 is 2.70 bits per heavy atom. The van der Waals surface area contributed by atoms with Crippen LogP contribution in [0.25, 0.3) is 28.3 Å². The highest BCUT2D eigenvalue weighted by molar-refractivity contribution is 7.59. The van der Waals surface area contributed by atoms with Gasteiger partial charge in [0.2, 0.25) is 0 Å². The van der Waals surface area contributed by atoms with Gasteiger partial charge in [-0.15, -0.1) is 0 Å². The molecular formula is C28H33FN6OS. The van der Waals surface area contributed by atoms with E-state index in [-0.39, 0.29) is 31.5 Å². The molecule has 0 bridgehead atoms. The summed E-state index contributed by atoms with van der Waals surface area (Å²) in [5.41, 5.74) is 6.17. The molecule has 4 heterocycles. The molecule has 0 spiro atoms. The van der Waals surface area contributed by atoms with Gasteiger partial charge in [0.25, 0.3) is 0 Å². The molecule has 1 saturated heterocycles. The van der Waals surface area contributed by atoms with Crippen molar-refractivity contribution in [3.05, 3.63) is 72.4 Å².